The third-order valence-electron chi connectivity index (χ3n) is 2.83. The van der Waals surface area contributed by atoms with E-state index in [0.717, 1.165) is 33.5 Å². The van der Waals surface area contributed by atoms with Crippen LogP contribution in [0.4, 0.5) is 0 Å². The summed E-state index contributed by atoms with van der Waals surface area (Å²) in [4.78, 5) is 34.5. The molecular formula is C16H14N3O6-. The molecule has 0 N–H and O–H groups in total. The Bertz CT molecular complexity index is 745. The van der Waals surface area contributed by atoms with Crippen LogP contribution >= 0.6 is 0 Å². The van der Waals surface area contributed by atoms with Crippen LogP contribution in [0, 0.1) is 28.6 Å². The summed E-state index contributed by atoms with van der Waals surface area (Å²) in [5.74, 6) is -2.32. The molecule has 0 amide bonds. The van der Waals surface area contributed by atoms with E-state index in [1.165, 1.54) is 0 Å². The predicted octanol–water partition coefficient (Wildman–Crippen LogP) is 0.577. The van der Waals surface area contributed by atoms with E-state index in [4.69, 9.17) is 10.7 Å². The minimum absolute atomic E-state index is 0.100. The average Bonchev–Trinajstić information content (AvgIpc) is 2.65. The molecule has 0 aromatic heterocycles. The SMILES string of the molecule is COC(=O)CC(C#N)C(/C=C(\C#N)C(=O)OC)=C/C(=C=[N-])C(=O)OC. The zero-order chi connectivity index (χ0) is 19.4. The van der Waals surface area contributed by atoms with Crippen molar-refractivity contribution < 1.29 is 28.6 Å². The van der Waals surface area contributed by atoms with Gasteiger partial charge in [-0.2, -0.15) is 10.5 Å². The second-order valence-electron chi connectivity index (χ2n) is 4.28. The van der Waals surface area contributed by atoms with Crippen molar-refractivity contribution in [3.05, 3.63) is 34.3 Å². The molecule has 0 fully saturated rings. The first kappa shape index (κ1) is 21.3. The van der Waals surface area contributed by atoms with Gasteiger partial charge in [0, 0.05) is 0 Å². The number of carbonyl (C=O) groups excluding carboxylic acids is 3. The number of hydrogen-bond donors (Lipinski definition) is 0. The minimum atomic E-state index is -1.19. The van der Waals surface area contributed by atoms with Gasteiger partial charge in [-0.3, -0.25) is 10.7 Å². The number of nitriles is 2. The number of esters is 3. The van der Waals surface area contributed by atoms with Crippen molar-refractivity contribution >= 4 is 23.8 Å². The van der Waals surface area contributed by atoms with Crippen molar-refractivity contribution in [1.82, 2.24) is 0 Å². The fraction of sp³-hybridized carbons (Fsp3) is 0.312. The number of carbonyl (C=O) groups is 3. The lowest BCUT2D eigenvalue weighted by atomic mass is 9.93. The lowest BCUT2D eigenvalue weighted by Crippen LogP contribution is -2.13. The number of allylic oxidation sites excluding steroid dienone is 2. The van der Waals surface area contributed by atoms with E-state index in [9.17, 15) is 19.6 Å². The molecule has 0 spiro atoms. The maximum Gasteiger partial charge on any atom is 0.348 e. The summed E-state index contributed by atoms with van der Waals surface area (Å²) in [5, 5.41) is 27.3. The Hall–Kier alpha value is -3.68. The number of ether oxygens (including phenoxy) is 3. The third-order valence-corrected chi connectivity index (χ3v) is 2.83. The third kappa shape index (κ3) is 6.53. The summed E-state index contributed by atoms with van der Waals surface area (Å²) in [7, 11) is 3.22. The Morgan fingerprint density at radius 1 is 1.04 bits per heavy atom. The monoisotopic (exact) mass is 344 g/mol. The Labute approximate surface area is 143 Å². The molecule has 0 radical (unpaired) electrons. The van der Waals surface area contributed by atoms with Gasteiger partial charge in [0.05, 0.1) is 45.3 Å². The van der Waals surface area contributed by atoms with E-state index in [-0.39, 0.29) is 5.57 Å². The maximum absolute atomic E-state index is 11.5. The normalized spacial score (nSPS) is 11.9. The summed E-state index contributed by atoms with van der Waals surface area (Å²) < 4.78 is 13.3. The lowest BCUT2D eigenvalue weighted by molar-refractivity contribution is -0.141. The molecule has 25 heavy (non-hydrogen) atoms. The number of hydrogen-bond acceptors (Lipinski definition) is 8. The highest BCUT2D eigenvalue weighted by molar-refractivity contribution is 6.02. The largest absolute Gasteiger partial charge is 0.763 e. The zero-order valence-corrected chi connectivity index (χ0v) is 13.7. The average molecular weight is 344 g/mol. The van der Waals surface area contributed by atoms with Crippen LogP contribution in [0.25, 0.3) is 5.41 Å². The molecule has 0 aliphatic heterocycles. The number of methoxy groups -OCH3 is 3. The molecule has 9 heteroatoms. The van der Waals surface area contributed by atoms with Crippen LogP contribution in [0.15, 0.2) is 28.9 Å². The summed E-state index contributed by atoms with van der Waals surface area (Å²) in [6, 6.07) is 3.37. The Morgan fingerprint density at radius 3 is 2.04 bits per heavy atom. The molecule has 0 rings (SSSR count). The first-order valence-electron chi connectivity index (χ1n) is 6.61. The van der Waals surface area contributed by atoms with E-state index in [1.54, 1.807) is 18.0 Å². The maximum atomic E-state index is 11.5. The number of nitrogens with zero attached hydrogens (tertiary/aromatic N) is 3. The van der Waals surface area contributed by atoms with E-state index in [0.29, 0.717) is 0 Å². The molecule has 0 bridgehead atoms. The van der Waals surface area contributed by atoms with Crippen LogP contribution in [0.3, 0.4) is 0 Å². The zero-order valence-electron chi connectivity index (χ0n) is 13.7. The van der Waals surface area contributed by atoms with Crippen LogP contribution < -0.4 is 0 Å². The standard InChI is InChI=1S/C16H14N3O6/c1-23-14(20)6-11(7-17)10(4-12(8-18)15(21)24-2)5-13(9-19)16(22)25-3/h4-5,11H,6H2,1-3H3/q-1/b10-4+,13-5+. The van der Waals surface area contributed by atoms with Gasteiger partial charge in [-0.1, -0.05) is 0 Å². The predicted molar refractivity (Wildman–Crippen MR) is 83.4 cm³/mol. The van der Waals surface area contributed by atoms with Crippen LogP contribution in [-0.2, 0) is 28.6 Å². The van der Waals surface area contributed by atoms with Crippen molar-refractivity contribution in [2.75, 3.05) is 21.3 Å². The van der Waals surface area contributed by atoms with Crippen molar-refractivity contribution in [2.24, 2.45) is 5.92 Å². The molecule has 9 nitrogen and oxygen atoms in total. The second-order valence-corrected chi connectivity index (χ2v) is 4.28. The smallest absolute Gasteiger partial charge is 0.348 e. The van der Waals surface area contributed by atoms with Gasteiger partial charge in [-0.05, 0) is 17.7 Å². The quantitative estimate of drug-likeness (QED) is 0.162. The van der Waals surface area contributed by atoms with Gasteiger partial charge in [0.15, 0.2) is 0 Å². The first-order valence-corrected chi connectivity index (χ1v) is 6.61. The molecule has 0 aliphatic rings. The fourth-order valence-corrected chi connectivity index (χ4v) is 1.56. The molecule has 0 aliphatic carbocycles. The van der Waals surface area contributed by atoms with Crippen molar-refractivity contribution in [3.8, 4) is 12.1 Å². The van der Waals surface area contributed by atoms with Gasteiger partial charge < -0.3 is 19.6 Å². The topological polar surface area (TPSA) is 149 Å². The van der Waals surface area contributed by atoms with Gasteiger partial charge in [0.2, 0.25) is 0 Å². The molecule has 1 atom stereocenters. The van der Waals surface area contributed by atoms with Crippen molar-refractivity contribution in [1.29, 1.82) is 10.5 Å². The first-order chi connectivity index (χ1) is 11.9. The molecule has 0 saturated heterocycles. The van der Waals surface area contributed by atoms with Crippen molar-refractivity contribution in [3.63, 3.8) is 0 Å². The Morgan fingerprint density at radius 2 is 1.64 bits per heavy atom. The van der Waals surface area contributed by atoms with Gasteiger partial charge in [-0.15, -0.1) is 0 Å². The Balaban J connectivity index is 6.27. The van der Waals surface area contributed by atoms with Crippen LogP contribution in [0.5, 0.6) is 0 Å². The molecule has 0 aromatic carbocycles. The Kier molecular flexibility index (Phi) is 9.34. The van der Waals surface area contributed by atoms with Gasteiger partial charge >= 0.3 is 17.9 Å². The van der Waals surface area contributed by atoms with E-state index in [2.05, 4.69) is 14.2 Å². The van der Waals surface area contributed by atoms with Gasteiger partial charge in [-0.25, -0.2) is 9.59 Å². The van der Waals surface area contributed by atoms with Crippen molar-refractivity contribution in [2.45, 2.75) is 6.42 Å². The molecule has 130 valence electrons. The second kappa shape index (κ2) is 10.9. The van der Waals surface area contributed by atoms with E-state index in [1.807, 2.05) is 0 Å². The number of rotatable bonds is 7. The summed E-state index contributed by atoms with van der Waals surface area (Å²) in [6.07, 6.45) is 1.50. The highest BCUT2D eigenvalue weighted by Gasteiger charge is 2.21. The minimum Gasteiger partial charge on any atom is -0.763 e. The van der Waals surface area contributed by atoms with E-state index < -0.39 is 41.4 Å². The summed E-state index contributed by atoms with van der Waals surface area (Å²) >= 11 is 0. The molecule has 0 aromatic rings. The molecular weight excluding hydrogens is 330 g/mol. The van der Waals surface area contributed by atoms with Crippen LogP contribution in [-0.4, -0.2) is 45.1 Å². The summed E-state index contributed by atoms with van der Waals surface area (Å²) in [6.45, 7) is 0. The van der Waals surface area contributed by atoms with Crippen LogP contribution in [0.2, 0.25) is 0 Å². The van der Waals surface area contributed by atoms with Gasteiger partial charge in [0.1, 0.15) is 11.6 Å². The molecule has 0 saturated carbocycles. The highest BCUT2D eigenvalue weighted by atomic mass is 16.5. The lowest BCUT2D eigenvalue weighted by Gasteiger charge is -2.11. The molecule has 1 unspecified atom stereocenters. The fourth-order valence-electron chi connectivity index (χ4n) is 1.56. The highest BCUT2D eigenvalue weighted by Crippen LogP contribution is 2.21. The van der Waals surface area contributed by atoms with Crippen LogP contribution in [0.1, 0.15) is 6.42 Å². The molecule has 0 heterocycles. The van der Waals surface area contributed by atoms with E-state index >= 15 is 0 Å². The summed E-state index contributed by atoms with van der Waals surface area (Å²) in [5.41, 5.74) is -1.07. The van der Waals surface area contributed by atoms with Gasteiger partial charge in [0.25, 0.3) is 0 Å².